The molecule has 0 unspecified atom stereocenters. The zero-order valence-electron chi connectivity index (χ0n) is 9.51. The van der Waals surface area contributed by atoms with Gasteiger partial charge in [-0.3, -0.25) is 0 Å². The second kappa shape index (κ2) is 4.87. The maximum Gasteiger partial charge on any atom is 0.358 e. The van der Waals surface area contributed by atoms with Gasteiger partial charge in [0.05, 0.1) is 7.11 Å². The summed E-state index contributed by atoms with van der Waals surface area (Å²) in [4.78, 5) is 10.7. The molecule has 6 heteroatoms. The maximum atomic E-state index is 13.0. The molecule has 0 bridgehead atoms. The predicted molar refractivity (Wildman–Crippen MR) is 60.3 cm³/mol. The molecular weight excluding hydrogens is 241 g/mol. The second-order valence-corrected chi connectivity index (χ2v) is 3.50. The zero-order chi connectivity index (χ0) is 13.1. The first-order chi connectivity index (χ1) is 8.67. The Bertz CT molecular complexity index is 579. The number of ether oxygens (including phenoxy) is 1. The van der Waals surface area contributed by atoms with Gasteiger partial charge in [0, 0.05) is 17.2 Å². The van der Waals surface area contributed by atoms with Gasteiger partial charge in [-0.15, -0.1) is 0 Å². The Hall–Kier alpha value is -2.37. The van der Waals surface area contributed by atoms with E-state index in [-0.39, 0.29) is 11.5 Å². The fourth-order valence-corrected chi connectivity index (χ4v) is 1.63. The van der Waals surface area contributed by atoms with Crippen LogP contribution in [-0.2, 0) is 6.67 Å². The Balaban J connectivity index is 2.52. The second-order valence-electron chi connectivity index (χ2n) is 3.50. The molecule has 0 fully saturated rings. The summed E-state index contributed by atoms with van der Waals surface area (Å²) in [6, 6.07) is 6.14. The van der Waals surface area contributed by atoms with Crippen LogP contribution in [-0.4, -0.2) is 23.3 Å². The number of aromatic nitrogens is 1. The average Bonchev–Trinajstić information content (AvgIpc) is 2.87. The van der Waals surface area contributed by atoms with Gasteiger partial charge in [-0.2, -0.15) is 0 Å². The average molecular weight is 251 g/mol. The minimum Gasteiger partial charge on any atom is -0.496 e. The van der Waals surface area contributed by atoms with Crippen LogP contribution >= 0.6 is 0 Å². The van der Waals surface area contributed by atoms with Crippen molar-refractivity contribution in [3.8, 4) is 17.1 Å². The topological polar surface area (TPSA) is 72.6 Å². The molecule has 0 radical (unpaired) electrons. The molecule has 0 aliphatic rings. The molecule has 5 nitrogen and oxygen atoms in total. The van der Waals surface area contributed by atoms with Crippen LogP contribution in [0.4, 0.5) is 4.39 Å². The minimum atomic E-state index is -1.20. The number of hydrogen-bond donors (Lipinski definition) is 1. The number of benzene rings is 1. The third kappa shape index (κ3) is 2.04. The summed E-state index contributed by atoms with van der Waals surface area (Å²) >= 11 is 0. The van der Waals surface area contributed by atoms with Crippen molar-refractivity contribution in [2.75, 3.05) is 7.11 Å². The van der Waals surface area contributed by atoms with Crippen LogP contribution in [0, 0.1) is 0 Å². The van der Waals surface area contributed by atoms with Crippen molar-refractivity contribution in [3.05, 3.63) is 35.5 Å². The van der Waals surface area contributed by atoms with E-state index in [1.54, 1.807) is 18.2 Å². The van der Waals surface area contributed by atoms with Gasteiger partial charge < -0.3 is 14.4 Å². The number of nitrogens with zero attached hydrogens (tertiary/aromatic N) is 1. The third-order valence-electron chi connectivity index (χ3n) is 2.48. The molecule has 1 aromatic carbocycles. The van der Waals surface area contributed by atoms with Crippen LogP contribution < -0.4 is 4.74 Å². The van der Waals surface area contributed by atoms with Crippen LogP contribution in [0.1, 0.15) is 16.1 Å². The fraction of sp³-hybridized carbons (Fsp3) is 0.167. The molecule has 1 aromatic heterocycles. The Kier molecular flexibility index (Phi) is 3.27. The predicted octanol–water partition coefficient (Wildman–Crippen LogP) is 2.52. The van der Waals surface area contributed by atoms with Crippen molar-refractivity contribution in [3.63, 3.8) is 0 Å². The standard InChI is InChI=1S/C12H10FNO4/c1-17-10-4-2-3-7(8(10)6-13)11-5-9(12(15)16)14-18-11/h2-5H,6H2,1H3,(H,15,16). The van der Waals surface area contributed by atoms with E-state index in [4.69, 9.17) is 14.4 Å². The molecule has 2 rings (SSSR count). The van der Waals surface area contributed by atoms with Crippen molar-refractivity contribution in [1.29, 1.82) is 0 Å². The van der Waals surface area contributed by atoms with E-state index in [0.29, 0.717) is 16.9 Å². The first kappa shape index (κ1) is 12.1. The van der Waals surface area contributed by atoms with E-state index in [1.165, 1.54) is 13.2 Å². The lowest BCUT2D eigenvalue weighted by Gasteiger charge is -2.08. The van der Waals surface area contributed by atoms with E-state index in [0.717, 1.165) is 0 Å². The summed E-state index contributed by atoms with van der Waals surface area (Å²) in [7, 11) is 1.43. The lowest BCUT2D eigenvalue weighted by Crippen LogP contribution is -1.95. The number of hydrogen-bond acceptors (Lipinski definition) is 4. The van der Waals surface area contributed by atoms with E-state index in [1.807, 2.05) is 0 Å². The highest BCUT2D eigenvalue weighted by atomic mass is 19.1. The van der Waals surface area contributed by atoms with Gasteiger partial charge in [0.15, 0.2) is 11.5 Å². The number of methoxy groups -OCH3 is 1. The minimum absolute atomic E-state index is 0.193. The number of rotatable bonds is 4. The molecule has 0 saturated heterocycles. The summed E-state index contributed by atoms with van der Waals surface area (Å²) in [5.41, 5.74) is 0.502. The summed E-state index contributed by atoms with van der Waals surface area (Å²) in [6.07, 6.45) is 0. The number of carboxylic acids is 1. The van der Waals surface area contributed by atoms with Gasteiger partial charge in [0.2, 0.25) is 0 Å². The monoisotopic (exact) mass is 251 g/mol. The highest BCUT2D eigenvalue weighted by Gasteiger charge is 2.17. The summed E-state index contributed by atoms with van der Waals surface area (Å²) < 4.78 is 23.0. The summed E-state index contributed by atoms with van der Waals surface area (Å²) in [5, 5.41) is 12.1. The molecule has 0 saturated carbocycles. The smallest absolute Gasteiger partial charge is 0.358 e. The number of aromatic carboxylic acids is 1. The van der Waals surface area contributed by atoms with Crippen LogP contribution in [0.15, 0.2) is 28.8 Å². The van der Waals surface area contributed by atoms with E-state index >= 15 is 0 Å². The molecular formula is C12H10FNO4. The van der Waals surface area contributed by atoms with Gasteiger partial charge in [0.1, 0.15) is 12.4 Å². The van der Waals surface area contributed by atoms with Crippen molar-refractivity contribution >= 4 is 5.97 Å². The fourth-order valence-electron chi connectivity index (χ4n) is 1.63. The van der Waals surface area contributed by atoms with Gasteiger partial charge in [-0.25, -0.2) is 9.18 Å². The van der Waals surface area contributed by atoms with Gasteiger partial charge in [-0.1, -0.05) is 17.3 Å². The molecule has 1 heterocycles. The van der Waals surface area contributed by atoms with Gasteiger partial charge >= 0.3 is 5.97 Å². The van der Waals surface area contributed by atoms with Gasteiger partial charge in [-0.05, 0) is 6.07 Å². The van der Waals surface area contributed by atoms with Gasteiger partial charge in [0.25, 0.3) is 0 Å². The summed E-state index contributed by atoms with van der Waals surface area (Å²) in [5.74, 6) is -0.628. The van der Waals surface area contributed by atoms with Crippen molar-refractivity contribution in [2.24, 2.45) is 0 Å². The van der Waals surface area contributed by atoms with E-state index in [9.17, 15) is 9.18 Å². The molecule has 18 heavy (non-hydrogen) atoms. The highest BCUT2D eigenvalue weighted by Crippen LogP contribution is 2.31. The van der Waals surface area contributed by atoms with E-state index < -0.39 is 12.6 Å². The molecule has 94 valence electrons. The Morgan fingerprint density at radius 1 is 1.56 bits per heavy atom. The molecule has 0 atom stereocenters. The molecule has 1 N–H and O–H groups in total. The lowest BCUT2D eigenvalue weighted by atomic mass is 10.0. The summed E-state index contributed by atoms with van der Waals surface area (Å²) in [6.45, 7) is -0.748. The normalized spacial score (nSPS) is 10.3. The molecule has 0 aliphatic heterocycles. The Labute approximate surface area is 102 Å². The number of halogens is 1. The molecule has 0 amide bonds. The van der Waals surface area contributed by atoms with Crippen LogP contribution in [0.25, 0.3) is 11.3 Å². The Morgan fingerprint density at radius 3 is 2.89 bits per heavy atom. The van der Waals surface area contributed by atoms with Crippen molar-refractivity contribution in [1.82, 2.24) is 5.16 Å². The SMILES string of the molecule is COc1cccc(-c2cc(C(=O)O)no2)c1CF. The van der Waals surface area contributed by atoms with Crippen LogP contribution in [0.5, 0.6) is 5.75 Å². The number of carboxylic acid groups (broad SMARTS) is 1. The maximum absolute atomic E-state index is 13.0. The number of alkyl halides is 1. The van der Waals surface area contributed by atoms with Crippen molar-refractivity contribution in [2.45, 2.75) is 6.67 Å². The molecule has 2 aromatic rings. The van der Waals surface area contributed by atoms with E-state index in [2.05, 4.69) is 5.16 Å². The quantitative estimate of drug-likeness (QED) is 0.903. The highest BCUT2D eigenvalue weighted by molar-refractivity contribution is 5.86. The zero-order valence-corrected chi connectivity index (χ0v) is 9.51. The number of carbonyl (C=O) groups is 1. The third-order valence-corrected chi connectivity index (χ3v) is 2.48. The van der Waals surface area contributed by atoms with Crippen LogP contribution in [0.3, 0.4) is 0 Å². The molecule has 0 aliphatic carbocycles. The first-order valence-electron chi connectivity index (χ1n) is 5.09. The van der Waals surface area contributed by atoms with Crippen LogP contribution in [0.2, 0.25) is 0 Å². The first-order valence-corrected chi connectivity index (χ1v) is 5.09. The molecule has 0 spiro atoms. The largest absolute Gasteiger partial charge is 0.496 e. The van der Waals surface area contributed by atoms with Crippen molar-refractivity contribution < 1.29 is 23.6 Å². The lowest BCUT2D eigenvalue weighted by molar-refractivity contribution is 0.0686. The Morgan fingerprint density at radius 2 is 2.33 bits per heavy atom.